The number of hydrogen-bond acceptors (Lipinski definition) is 9. The van der Waals surface area contributed by atoms with E-state index in [0.717, 1.165) is 5.56 Å². The minimum absolute atomic E-state index is 0.0277. The molecular weight excluding hydrogens is 658 g/mol. The number of hydrogen-bond donors (Lipinski definition) is 6. The van der Waals surface area contributed by atoms with E-state index in [1.54, 1.807) is 63.2 Å². The molecule has 0 bridgehead atoms. The number of rotatable bonds is 17. The van der Waals surface area contributed by atoms with Crippen LogP contribution in [0, 0.1) is 5.92 Å². The molecule has 49 heavy (non-hydrogen) atoms. The zero-order valence-electron chi connectivity index (χ0n) is 28.3. The Labute approximate surface area is 291 Å². The first-order valence-electron chi connectivity index (χ1n) is 15.7. The maximum absolute atomic E-state index is 13.3. The quantitative estimate of drug-likeness (QED) is 0.105. The predicted molar refractivity (Wildman–Crippen MR) is 181 cm³/mol. The summed E-state index contributed by atoms with van der Waals surface area (Å²) in [6.45, 7) is 7.69. The van der Waals surface area contributed by atoms with Gasteiger partial charge in [0.15, 0.2) is 6.07 Å². The van der Waals surface area contributed by atoms with E-state index in [2.05, 4.69) is 26.6 Å². The molecule has 0 unspecified atom stereocenters. The summed E-state index contributed by atoms with van der Waals surface area (Å²) < 4.78 is 10.1. The number of carbonyl (C=O) groups is 6. The molecule has 2 aromatic rings. The summed E-state index contributed by atoms with van der Waals surface area (Å²) in [5, 5.41) is 22.1. The number of amides is 5. The number of alkyl carbamates (subject to hydrolysis) is 1. The molecule has 2 aromatic carbocycles. The van der Waals surface area contributed by atoms with Crippen LogP contribution in [0.2, 0.25) is 0 Å². The van der Waals surface area contributed by atoms with Crippen molar-refractivity contribution in [2.75, 3.05) is 19.2 Å². The monoisotopic (exact) mass is 703 g/mol. The van der Waals surface area contributed by atoms with Gasteiger partial charge in [-0.2, -0.15) is 0 Å². The maximum Gasteiger partial charge on any atom is 0.408 e. The number of ether oxygens (including phenoxy) is 2. The highest BCUT2D eigenvalue weighted by molar-refractivity contribution is 6.17. The summed E-state index contributed by atoms with van der Waals surface area (Å²) in [6, 6.07) is 11.3. The lowest BCUT2D eigenvalue weighted by atomic mass is 10.0. The molecule has 3 atom stereocenters. The first-order valence-corrected chi connectivity index (χ1v) is 16.3. The number of alkyl halides is 1. The van der Waals surface area contributed by atoms with E-state index < -0.39 is 72.5 Å². The normalized spacial score (nSPS) is 12.9. The van der Waals surface area contributed by atoms with Crippen LogP contribution in [-0.4, -0.2) is 83.7 Å². The second kappa shape index (κ2) is 19.8. The Bertz CT molecular complexity index is 1420. The van der Waals surface area contributed by atoms with Crippen LogP contribution in [0.1, 0.15) is 52.2 Å². The summed E-state index contributed by atoms with van der Waals surface area (Å²) >= 11 is 5.55. The highest BCUT2D eigenvalue weighted by Crippen LogP contribution is 2.13. The molecule has 0 aliphatic heterocycles. The predicted octanol–water partition coefficient (Wildman–Crippen LogP) is 2.06. The van der Waals surface area contributed by atoms with Gasteiger partial charge in [0, 0.05) is 12.8 Å². The van der Waals surface area contributed by atoms with Crippen LogP contribution in [0.4, 0.5) is 4.79 Å². The molecule has 5 amide bonds. The third-order valence-corrected chi connectivity index (χ3v) is 6.80. The fourth-order valence-corrected chi connectivity index (χ4v) is 4.58. The van der Waals surface area contributed by atoms with Gasteiger partial charge in [0.05, 0.1) is 13.1 Å². The highest BCUT2D eigenvalue weighted by atomic mass is 35.5. The smallest absolute Gasteiger partial charge is 0.408 e. The van der Waals surface area contributed by atoms with Crippen LogP contribution in [0.5, 0.6) is 5.75 Å². The summed E-state index contributed by atoms with van der Waals surface area (Å²) in [7, 11) is 0. The van der Waals surface area contributed by atoms with Crippen molar-refractivity contribution >= 4 is 47.3 Å². The summed E-state index contributed by atoms with van der Waals surface area (Å²) in [6.07, 6.45) is -0.442. The molecule has 0 saturated heterocycles. The second-order valence-electron chi connectivity index (χ2n) is 12.6. The van der Waals surface area contributed by atoms with Gasteiger partial charge in [0.25, 0.3) is 0 Å². The zero-order valence-corrected chi connectivity index (χ0v) is 29.1. The Balaban J connectivity index is 2.02. The van der Waals surface area contributed by atoms with E-state index in [1.165, 1.54) is 12.1 Å². The van der Waals surface area contributed by atoms with Crippen LogP contribution in [0.15, 0.2) is 54.6 Å². The topological polar surface area (TPSA) is 201 Å². The lowest BCUT2D eigenvalue weighted by Gasteiger charge is -2.24. The van der Waals surface area contributed by atoms with Crippen LogP contribution in [-0.2, 0) is 46.3 Å². The molecule has 268 valence electrons. The highest BCUT2D eigenvalue weighted by Gasteiger charge is 2.29. The molecule has 0 saturated carbocycles. The standard InChI is InChI=1S/C34H46ClN5O9/c1-21(2)15-27(32(46)48-20-35)39-31(45)26(16-22-9-7-6-8-10-22)38-29(43)19-36-28(42)18-37-30(44)25(40-33(47)49-34(3,4)5)17-23-11-13-24(41)14-12-23/h6-14,21,25-27,41H,15-20H2,1-5H3,(H,36,42)(H,37,44)(H,38,43)(H,39,45)(H,40,47)/t25-,26-,27-/m0/s1. The summed E-state index contributed by atoms with van der Waals surface area (Å²) in [4.78, 5) is 76.7. The van der Waals surface area contributed by atoms with Gasteiger partial charge in [-0.3, -0.25) is 19.2 Å². The molecule has 2 rings (SSSR count). The lowest BCUT2D eigenvalue weighted by Crippen LogP contribution is -2.54. The maximum atomic E-state index is 13.3. The number of nitrogens with one attached hydrogen (secondary N) is 5. The second-order valence-corrected chi connectivity index (χ2v) is 12.9. The first-order chi connectivity index (χ1) is 23.1. The molecule has 0 spiro atoms. The minimum atomic E-state index is -1.13. The molecular formula is C34H46ClN5O9. The van der Waals surface area contributed by atoms with E-state index >= 15 is 0 Å². The van der Waals surface area contributed by atoms with Gasteiger partial charge in [-0.1, -0.05) is 67.9 Å². The van der Waals surface area contributed by atoms with Crippen LogP contribution in [0.3, 0.4) is 0 Å². The summed E-state index contributed by atoms with van der Waals surface area (Å²) in [5.41, 5.74) is 0.535. The molecule has 0 aliphatic carbocycles. The van der Waals surface area contributed by atoms with Crippen molar-refractivity contribution in [3.63, 3.8) is 0 Å². The SMILES string of the molecule is CC(C)C[C@H](NC(=O)[C@H](Cc1ccccc1)NC(=O)CNC(=O)CNC(=O)[C@H](Cc1ccc(O)cc1)NC(=O)OC(C)(C)C)C(=O)OCCl. The Morgan fingerprint density at radius 3 is 1.88 bits per heavy atom. The van der Waals surface area contributed by atoms with Gasteiger partial charge >= 0.3 is 12.1 Å². The number of aromatic hydroxyl groups is 1. The van der Waals surface area contributed by atoms with E-state index in [9.17, 15) is 33.9 Å². The van der Waals surface area contributed by atoms with Crippen LogP contribution in [0.25, 0.3) is 0 Å². The third kappa shape index (κ3) is 16.2. The Morgan fingerprint density at radius 1 is 0.735 bits per heavy atom. The number of benzene rings is 2. The largest absolute Gasteiger partial charge is 0.508 e. The van der Waals surface area contributed by atoms with Gasteiger partial charge in [-0.05, 0) is 56.4 Å². The molecule has 14 nitrogen and oxygen atoms in total. The van der Waals surface area contributed by atoms with Gasteiger partial charge in [-0.25, -0.2) is 9.59 Å². The Kier molecular flexibility index (Phi) is 16.3. The number of carbonyl (C=O) groups excluding carboxylic acids is 6. The minimum Gasteiger partial charge on any atom is -0.508 e. The van der Waals surface area contributed by atoms with Crippen molar-refractivity contribution < 1.29 is 43.3 Å². The first kappa shape index (κ1) is 40.3. The Morgan fingerprint density at radius 2 is 1.31 bits per heavy atom. The molecule has 15 heteroatoms. The van der Waals surface area contributed by atoms with Crippen LogP contribution >= 0.6 is 11.6 Å². The average Bonchev–Trinajstić information content (AvgIpc) is 3.02. The van der Waals surface area contributed by atoms with Crippen LogP contribution < -0.4 is 26.6 Å². The zero-order chi connectivity index (χ0) is 36.6. The van der Waals surface area contributed by atoms with Crippen molar-refractivity contribution in [3.05, 3.63) is 65.7 Å². The average molecular weight is 704 g/mol. The van der Waals surface area contributed by atoms with Crippen molar-refractivity contribution in [3.8, 4) is 5.75 Å². The molecule has 0 heterocycles. The lowest BCUT2D eigenvalue weighted by molar-refractivity contribution is -0.146. The fourth-order valence-electron chi connectivity index (χ4n) is 4.48. The molecule has 0 fully saturated rings. The van der Waals surface area contributed by atoms with Gasteiger partial charge in [0.2, 0.25) is 23.6 Å². The number of halogens is 1. The van der Waals surface area contributed by atoms with Gasteiger partial charge in [0.1, 0.15) is 29.5 Å². The van der Waals surface area contributed by atoms with Gasteiger partial charge < -0.3 is 41.2 Å². The van der Waals surface area contributed by atoms with Gasteiger partial charge in [-0.15, -0.1) is 0 Å². The third-order valence-electron chi connectivity index (χ3n) is 6.69. The summed E-state index contributed by atoms with van der Waals surface area (Å²) in [5.74, 6) is -3.39. The fraction of sp³-hybridized carbons (Fsp3) is 0.471. The van der Waals surface area contributed by atoms with Crippen molar-refractivity contribution in [2.45, 2.75) is 77.6 Å². The molecule has 6 N–H and O–H groups in total. The number of phenols is 1. The number of esters is 1. The van der Waals surface area contributed by atoms with E-state index in [0.29, 0.717) is 5.56 Å². The number of phenolic OH excluding ortho intramolecular Hbond substituents is 1. The molecule has 0 aliphatic rings. The van der Waals surface area contributed by atoms with Crippen molar-refractivity contribution in [2.24, 2.45) is 5.92 Å². The Hall–Kier alpha value is -4.85. The van der Waals surface area contributed by atoms with Crippen molar-refractivity contribution in [1.82, 2.24) is 26.6 Å². The van der Waals surface area contributed by atoms with E-state index in [-0.39, 0.29) is 37.0 Å². The van der Waals surface area contributed by atoms with Crippen molar-refractivity contribution in [1.29, 1.82) is 0 Å². The van der Waals surface area contributed by atoms with E-state index in [1.807, 2.05) is 13.8 Å². The van der Waals surface area contributed by atoms with E-state index in [4.69, 9.17) is 21.1 Å². The molecule has 0 radical (unpaired) electrons. The molecule has 0 aromatic heterocycles.